The molecule has 2 aliphatic rings. The van der Waals surface area contributed by atoms with E-state index < -0.39 is 0 Å². The quantitative estimate of drug-likeness (QED) is 0.921. The molecule has 4 heteroatoms. The van der Waals surface area contributed by atoms with Crippen molar-refractivity contribution in [1.82, 2.24) is 5.32 Å². The van der Waals surface area contributed by atoms with Crippen molar-refractivity contribution < 1.29 is 9.53 Å². The Morgan fingerprint density at radius 3 is 2.55 bits per heavy atom. The Kier molecular flexibility index (Phi) is 5.33. The highest BCUT2D eigenvalue weighted by Gasteiger charge is 2.25. The van der Waals surface area contributed by atoms with Gasteiger partial charge in [-0.25, -0.2) is 4.79 Å². The molecule has 1 N–H and O–H groups in total. The maximum absolute atomic E-state index is 12.8. The van der Waals surface area contributed by atoms with Gasteiger partial charge in [-0.3, -0.25) is 4.90 Å². The number of rotatable bonds is 4. The Hall–Kier alpha value is -1.55. The summed E-state index contributed by atoms with van der Waals surface area (Å²) in [4.78, 5) is 14.6. The van der Waals surface area contributed by atoms with Gasteiger partial charge in [-0.15, -0.1) is 0 Å². The molecule has 0 radical (unpaired) electrons. The van der Waals surface area contributed by atoms with Gasteiger partial charge in [0.25, 0.3) is 0 Å². The van der Waals surface area contributed by atoms with Crippen LogP contribution in [0.4, 0.5) is 10.5 Å². The van der Waals surface area contributed by atoms with Crippen molar-refractivity contribution in [3.8, 4) is 0 Å². The summed E-state index contributed by atoms with van der Waals surface area (Å²) < 4.78 is 5.72. The Morgan fingerprint density at radius 2 is 1.86 bits per heavy atom. The fraction of sp³-hybridized carbons (Fsp3) is 0.611. The largest absolute Gasteiger partial charge is 0.376 e. The van der Waals surface area contributed by atoms with Gasteiger partial charge >= 0.3 is 6.03 Å². The summed E-state index contributed by atoms with van der Waals surface area (Å²) in [5.41, 5.74) is 0.950. The lowest BCUT2D eigenvalue weighted by Gasteiger charge is -2.30. The molecule has 120 valence electrons. The summed E-state index contributed by atoms with van der Waals surface area (Å²) >= 11 is 0. The van der Waals surface area contributed by atoms with E-state index in [1.807, 2.05) is 35.2 Å². The van der Waals surface area contributed by atoms with Crippen molar-refractivity contribution in [2.24, 2.45) is 0 Å². The van der Waals surface area contributed by atoms with Crippen LogP contribution in [0.2, 0.25) is 0 Å². The zero-order valence-electron chi connectivity index (χ0n) is 13.2. The maximum Gasteiger partial charge on any atom is 0.322 e. The molecular weight excluding hydrogens is 276 g/mol. The smallest absolute Gasteiger partial charge is 0.322 e. The van der Waals surface area contributed by atoms with Gasteiger partial charge in [0.05, 0.1) is 12.6 Å². The number of carbonyl (C=O) groups excluding carboxylic acids is 1. The fourth-order valence-corrected chi connectivity index (χ4v) is 3.40. The molecule has 1 saturated carbocycles. The number of hydrogen-bond acceptors (Lipinski definition) is 2. The van der Waals surface area contributed by atoms with Gasteiger partial charge in [0.15, 0.2) is 0 Å². The molecule has 0 bridgehead atoms. The number of urea groups is 1. The lowest BCUT2D eigenvalue weighted by atomic mass is 9.96. The molecule has 4 nitrogen and oxygen atoms in total. The number of hydrogen-bond donors (Lipinski definition) is 1. The molecule has 1 atom stereocenters. The van der Waals surface area contributed by atoms with Crippen molar-refractivity contribution in [2.45, 2.75) is 57.1 Å². The molecule has 0 spiro atoms. The number of carbonyl (C=O) groups is 1. The van der Waals surface area contributed by atoms with Crippen LogP contribution in [0.25, 0.3) is 0 Å². The monoisotopic (exact) mass is 302 g/mol. The number of benzene rings is 1. The summed E-state index contributed by atoms with van der Waals surface area (Å²) in [6.07, 6.45) is 8.26. The lowest BCUT2D eigenvalue weighted by molar-refractivity contribution is 0.116. The first-order valence-corrected chi connectivity index (χ1v) is 8.57. The van der Waals surface area contributed by atoms with Crippen LogP contribution in [0.1, 0.15) is 44.9 Å². The highest BCUT2D eigenvalue weighted by molar-refractivity contribution is 5.92. The fourth-order valence-electron chi connectivity index (χ4n) is 3.40. The van der Waals surface area contributed by atoms with E-state index in [4.69, 9.17) is 4.74 Å². The van der Waals surface area contributed by atoms with Gasteiger partial charge in [-0.05, 0) is 37.8 Å². The summed E-state index contributed by atoms with van der Waals surface area (Å²) in [6.45, 7) is 1.46. The van der Waals surface area contributed by atoms with Crippen LogP contribution in [0.3, 0.4) is 0 Å². The molecule has 1 aliphatic carbocycles. The standard InChI is InChI=1S/C18H26N2O2/c21-18(19-15-8-3-1-4-9-15)20(14-17-12-7-13-22-17)16-10-5-2-6-11-16/h2,5-6,10-11,15,17H,1,3-4,7-9,12-14H2,(H,19,21). The minimum atomic E-state index is 0.0219. The van der Waals surface area contributed by atoms with Crippen molar-refractivity contribution in [3.05, 3.63) is 30.3 Å². The minimum absolute atomic E-state index is 0.0219. The highest BCUT2D eigenvalue weighted by atomic mass is 16.5. The Bertz CT molecular complexity index is 465. The zero-order chi connectivity index (χ0) is 15.2. The molecule has 1 heterocycles. The Labute approximate surface area is 132 Å². The van der Waals surface area contributed by atoms with Crippen LogP contribution in [-0.4, -0.2) is 31.3 Å². The molecule has 1 aliphatic heterocycles. The predicted molar refractivity (Wildman–Crippen MR) is 88.2 cm³/mol. The second-order valence-corrected chi connectivity index (χ2v) is 6.37. The predicted octanol–water partition coefficient (Wildman–Crippen LogP) is 3.71. The van der Waals surface area contributed by atoms with Crippen LogP contribution >= 0.6 is 0 Å². The molecule has 0 aromatic heterocycles. The van der Waals surface area contributed by atoms with E-state index in [2.05, 4.69) is 5.32 Å². The van der Waals surface area contributed by atoms with Crippen molar-refractivity contribution in [3.63, 3.8) is 0 Å². The van der Waals surface area contributed by atoms with Crippen LogP contribution in [0.15, 0.2) is 30.3 Å². The van der Waals surface area contributed by atoms with Gasteiger partial charge in [0.1, 0.15) is 0 Å². The summed E-state index contributed by atoms with van der Waals surface area (Å²) in [5, 5.41) is 3.22. The van der Waals surface area contributed by atoms with E-state index in [-0.39, 0.29) is 12.1 Å². The molecule has 1 unspecified atom stereocenters. The van der Waals surface area contributed by atoms with Crippen molar-refractivity contribution in [2.75, 3.05) is 18.1 Å². The first-order valence-electron chi connectivity index (χ1n) is 8.57. The second kappa shape index (κ2) is 7.63. The average Bonchev–Trinajstić information content (AvgIpc) is 3.07. The molecule has 2 amide bonds. The second-order valence-electron chi connectivity index (χ2n) is 6.37. The maximum atomic E-state index is 12.8. The molecule has 3 rings (SSSR count). The van der Waals surface area contributed by atoms with Crippen LogP contribution < -0.4 is 10.2 Å². The Balaban J connectivity index is 1.67. The minimum Gasteiger partial charge on any atom is -0.376 e. The highest BCUT2D eigenvalue weighted by Crippen LogP contribution is 2.21. The lowest BCUT2D eigenvalue weighted by Crippen LogP contribution is -2.48. The number of amides is 2. The van der Waals surface area contributed by atoms with E-state index in [0.717, 1.165) is 38.0 Å². The zero-order valence-corrected chi connectivity index (χ0v) is 13.2. The van der Waals surface area contributed by atoms with E-state index in [1.165, 1.54) is 19.3 Å². The number of nitrogens with zero attached hydrogens (tertiary/aromatic N) is 1. The summed E-state index contributed by atoms with van der Waals surface area (Å²) in [6, 6.07) is 10.3. The first-order chi connectivity index (χ1) is 10.8. The third kappa shape index (κ3) is 4.01. The number of para-hydroxylation sites is 1. The molecule has 22 heavy (non-hydrogen) atoms. The Morgan fingerprint density at radius 1 is 1.09 bits per heavy atom. The van der Waals surface area contributed by atoms with E-state index in [9.17, 15) is 4.79 Å². The normalized spacial score (nSPS) is 22.5. The van der Waals surface area contributed by atoms with E-state index in [0.29, 0.717) is 12.6 Å². The summed E-state index contributed by atoms with van der Waals surface area (Å²) in [7, 11) is 0. The molecule has 1 saturated heterocycles. The molecule has 1 aromatic carbocycles. The summed E-state index contributed by atoms with van der Waals surface area (Å²) in [5.74, 6) is 0. The molecular formula is C18H26N2O2. The van der Waals surface area contributed by atoms with Gasteiger partial charge < -0.3 is 10.1 Å². The van der Waals surface area contributed by atoms with Gasteiger partial charge in [-0.2, -0.15) is 0 Å². The SMILES string of the molecule is O=C(NC1CCCCC1)N(CC1CCCO1)c1ccccc1. The van der Waals surface area contributed by atoms with Gasteiger partial charge in [0.2, 0.25) is 0 Å². The average molecular weight is 302 g/mol. The third-order valence-corrected chi connectivity index (χ3v) is 4.66. The van der Waals surface area contributed by atoms with Gasteiger partial charge in [0, 0.05) is 18.3 Å². The number of nitrogens with one attached hydrogen (secondary N) is 1. The number of ether oxygens (including phenoxy) is 1. The van der Waals surface area contributed by atoms with Crippen LogP contribution in [0, 0.1) is 0 Å². The van der Waals surface area contributed by atoms with E-state index >= 15 is 0 Å². The topological polar surface area (TPSA) is 41.6 Å². The van der Waals surface area contributed by atoms with E-state index in [1.54, 1.807) is 0 Å². The van der Waals surface area contributed by atoms with Crippen LogP contribution in [0.5, 0.6) is 0 Å². The van der Waals surface area contributed by atoms with Gasteiger partial charge in [-0.1, -0.05) is 37.5 Å². The molecule has 2 fully saturated rings. The van der Waals surface area contributed by atoms with Crippen molar-refractivity contribution >= 4 is 11.7 Å². The van der Waals surface area contributed by atoms with Crippen LogP contribution in [-0.2, 0) is 4.74 Å². The first kappa shape index (κ1) is 15.3. The molecule has 1 aromatic rings. The number of anilines is 1. The van der Waals surface area contributed by atoms with Crippen molar-refractivity contribution in [1.29, 1.82) is 0 Å². The third-order valence-electron chi connectivity index (χ3n) is 4.66.